The van der Waals surface area contributed by atoms with Crippen molar-refractivity contribution in [3.8, 4) is 0 Å². The van der Waals surface area contributed by atoms with E-state index in [-0.39, 0.29) is 23.3 Å². The van der Waals surface area contributed by atoms with Crippen LogP contribution in [0.3, 0.4) is 0 Å². The molecule has 1 aromatic carbocycles. The Morgan fingerprint density at radius 1 is 1.50 bits per heavy atom. The van der Waals surface area contributed by atoms with Crippen LogP contribution < -0.4 is 5.32 Å². The third kappa shape index (κ3) is 2.61. The number of nitrogens with one attached hydrogen (secondary N) is 1. The topological polar surface area (TPSA) is 75.4 Å². The fraction of sp³-hybridized carbons (Fsp3) is 0.538. The van der Waals surface area contributed by atoms with Gasteiger partial charge in [-0.25, -0.2) is 0 Å². The highest BCUT2D eigenvalue weighted by Crippen LogP contribution is 2.30. The Labute approximate surface area is 106 Å². The van der Waals surface area contributed by atoms with E-state index in [9.17, 15) is 15.2 Å². The SMILES string of the molecule is Cc1cc([N+](=O)[O-])ccc1NC1CCCC1CO. The average molecular weight is 250 g/mol. The Kier molecular flexibility index (Phi) is 3.81. The molecule has 2 rings (SSSR count). The maximum Gasteiger partial charge on any atom is 0.269 e. The molecule has 0 saturated heterocycles. The normalized spacial score (nSPS) is 23.0. The molecule has 0 spiro atoms. The molecule has 1 saturated carbocycles. The zero-order valence-electron chi connectivity index (χ0n) is 10.4. The van der Waals surface area contributed by atoms with Crippen LogP contribution in [0.5, 0.6) is 0 Å². The van der Waals surface area contributed by atoms with Crippen LogP contribution in [-0.4, -0.2) is 22.7 Å². The van der Waals surface area contributed by atoms with E-state index in [1.807, 2.05) is 6.92 Å². The van der Waals surface area contributed by atoms with Gasteiger partial charge in [0.15, 0.2) is 0 Å². The molecule has 5 nitrogen and oxygen atoms in total. The monoisotopic (exact) mass is 250 g/mol. The van der Waals surface area contributed by atoms with Gasteiger partial charge in [0, 0.05) is 36.4 Å². The first-order valence-corrected chi connectivity index (χ1v) is 6.24. The fourth-order valence-corrected chi connectivity index (χ4v) is 2.57. The van der Waals surface area contributed by atoms with Gasteiger partial charge in [-0.15, -0.1) is 0 Å². The lowest BCUT2D eigenvalue weighted by atomic mass is 10.0. The summed E-state index contributed by atoms with van der Waals surface area (Å²) in [6.45, 7) is 2.06. The van der Waals surface area contributed by atoms with Gasteiger partial charge in [0.05, 0.1) is 4.92 Å². The third-order valence-corrected chi connectivity index (χ3v) is 3.66. The Bertz CT molecular complexity index is 448. The lowest BCUT2D eigenvalue weighted by Gasteiger charge is -2.21. The summed E-state index contributed by atoms with van der Waals surface area (Å²) in [5.41, 5.74) is 1.90. The second-order valence-electron chi connectivity index (χ2n) is 4.88. The predicted octanol–water partition coefficient (Wildman–Crippen LogP) is 2.48. The number of hydrogen-bond donors (Lipinski definition) is 2. The number of aliphatic hydroxyl groups is 1. The summed E-state index contributed by atoms with van der Waals surface area (Å²) < 4.78 is 0. The van der Waals surface area contributed by atoms with Crippen molar-refractivity contribution in [2.24, 2.45) is 5.92 Å². The van der Waals surface area contributed by atoms with Crippen LogP contribution in [0.4, 0.5) is 11.4 Å². The van der Waals surface area contributed by atoms with Gasteiger partial charge in [-0.2, -0.15) is 0 Å². The van der Waals surface area contributed by atoms with Gasteiger partial charge in [-0.1, -0.05) is 6.42 Å². The standard InChI is InChI=1S/C13H18N2O3/c1-9-7-11(15(17)18)5-6-12(9)14-13-4-2-3-10(13)8-16/h5-7,10,13-14,16H,2-4,8H2,1H3. The number of nitrogens with zero attached hydrogens (tertiary/aromatic N) is 1. The molecule has 0 amide bonds. The molecule has 2 N–H and O–H groups in total. The smallest absolute Gasteiger partial charge is 0.269 e. The van der Waals surface area contributed by atoms with Crippen LogP contribution >= 0.6 is 0 Å². The van der Waals surface area contributed by atoms with Gasteiger partial charge in [-0.3, -0.25) is 10.1 Å². The zero-order valence-corrected chi connectivity index (χ0v) is 10.4. The van der Waals surface area contributed by atoms with Gasteiger partial charge in [0.1, 0.15) is 0 Å². The molecule has 1 fully saturated rings. The number of nitro benzene ring substituents is 1. The first-order chi connectivity index (χ1) is 8.61. The van der Waals surface area contributed by atoms with Crippen molar-refractivity contribution in [1.29, 1.82) is 0 Å². The van der Waals surface area contributed by atoms with E-state index >= 15 is 0 Å². The molecule has 5 heteroatoms. The zero-order chi connectivity index (χ0) is 13.1. The Balaban J connectivity index is 2.12. The quantitative estimate of drug-likeness (QED) is 0.636. The molecule has 2 unspecified atom stereocenters. The number of rotatable bonds is 4. The molecule has 1 aliphatic rings. The first kappa shape index (κ1) is 12.8. The van der Waals surface area contributed by atoms with Crippen molar-refractivity contribution in [3.63, 3.8) is 0 Å². The molecule has 0 aromatic heterocycles. The highest BCUT2D eigenvalue weighted by molar-refractivity contribution is 5.56. The second kappa shape index (κ2) is 5.35. The lowest BCUT2D eigenvalue weighted by Crippen LogP contribution is -2.26. The van der Waals surface area contributed by atoms with E-state index in [4.69, 9.17) is 0 Å². The maximum atomic E-state index is 10.7. The number of aryl methyl sites for hydroxylation is 1. The van der Waals surface area contributed by atoms with E-state index in [1.54, 1.807) is 12.1 Å². The van der Waals surface area contributed by atoms with E-state index in [0.29, 0.717) is 5.92 Å². The van der Waals surface area contributed by atoms with Crippen molar-refractivity contribution in [1.82, 2.24) is 0 Å². The molecule has 0 bridgehead atoms. The van der Waals surface area contributed by atoms with Crippen LogP contribution in [0.2, 0.25) is 0 Å². The molecule has 0 aliphatic heterocycles. The summed E-state index contributed by atoms with van der Waals surface area (Å²) in [6.07, 6.45) is 3.21. The molecular weight excluding hydrogens is 232 g/mol. The van der Waals surface area contributed by atoms with Crippen LogP contribution in [0.1, 0.15) is 24.8 Å². The van der Waals surface area contributed by atoms with Gasteiger partial charge in [0.25, 0.3) is 5.69 Å². The Morgan fingerprint density at radius 2 is 2.28 bits per heavy atom. The molecule has 18 heavy (non-hydrogen) atoms. The highest BCUT2D eigenvalue weighted by atomic mass is 16.6. The number of non-ortho nitro benzene ring substituents is 1. The third-order valence-electron chi connectivity index (χ3n) is 3.66. The van der Waals surface area contributed by atoms with Crippen LogP contribution in [0.15, 0.2) is 18.2 Å². The molecule has 0 radical (unpaired) electrons. The Morgan fingerprint density at radius 3 is 2.89 bits per heavy atom. The predicted molar refractivity (Wildman–Crippen MR) is 69.7 cm³/mol. The largest absolute Gasteiger partial charge is 0.396 e. The van der Waals surface area contributed by atoms with Crippen molar-refractivity contribution >= 4 is 11.4 Å². The van der Waals surface area contributed by atoms with E-state index in [0.717, 1.165) is 30.5 Å². The summed E-state index contributed by atoms with van der Waals surface area (Å²) in [6, 6.07) is 5.11. The van der Waals surface area contributed by atoms with Crippen LogP contribution in [0, 0.1) is 23.0 Å². The molecule has 1 aliphatic carbocycles. The van der Waals surface area contributed by atoms with Crippen molar-refractivity contribution in [2.75, 3.05) is 11.9 Å². The fourth-order valence-electron chi connectivity index (χ4n) is 2.57. The van der Waals surface area contributed by atoms with Crippen molar-refractivity contribution in [2.45, 2.75) is 32.2 Å². The van der Waals surface area contributed by atoms with Crippen molar-refractivity contribution < 1.29 is 10.0 Å². The van der Waals surface area contributed by atoms with Crippen LogP contribution in [-0.2, 0) is 0 Å². The molecule has 98 valence electrons. The number of benzene rings is 1. The van der Waals surface area contributed by atoms with Crippen LogP contribution in [0.25, 0.3) is 0 Å². The van der Waals surface area contributed by atoms with E-state index in [2.05, 4.69) is 5.32 Å². The minimum atomic E-state index is -0.386. The summed E-state index contributed by atoms with van der Waals surface area (Å²) >= 11 is 0. The lowest BCUT2D eigenvalue weighted by molar-refractivity contribution is -0.384. The minimum absolute atomic E-state index is 0.114. The maximum absolute atomic E-state index is 10.7. The van der Waals surface area contributed by atoms with Gasteiger partial charge in [0.2, 0.25) is 0 Å². The van der Waals surface area contributed by atoms with E-state index < -0.39 is 0 Å². The summed E-state index contributed by atoms with van der Waals surface area (Å²) in [5, 5.41) is 23.3. The number of anilines is 1. The number of nitro groups is 1. The summed E-state index contributed by atoms with van der Waals surface area (Å²) in [7, 11) is 0. The van der Waals surface area contributed by atoms with Gasteiger partial charge in [-0.05, 0) is 31.4 Å². The molecule has 0 heterocycles. The van der Waals surface area contributed by atoms with Gasteiger partial charge >= 0.3 is 0 Å². The second-order valence-corrected chi connectivity index (χ2v) is 4.88. The summed E-state index contributed by atoms with van der Waals surface area (Å²) in [4.78, 5) is 10.3. The average Bonchev–Trinajstić information content (AvgIpc) is 2.78. The Hall–Kier alpha value is -1.62. The van der Waals surface area contributed by atoms with Gasteiger partial charge < -0.3 is 10.4 Å². The highest BCUT2D eigenvalue weighted by Gasteiger charge is 2.26. The summed E-state index contributed by atoms with van der Waals surface area (Å²) in [5.74, 6) is 0.291. The first-order valence-electron chi connectivity index (χ1n) is 6.24. The molecule has 1 aromatic rings. The van der Waals surface area contributed by atoms with Crippen molar-refractivity contribution in [3.05, 3.63) is 33.9 Å². The van der Waals surface area contributed by atoms with E-state index in [1.165, 1.54) is 6.07 Å². The minimum Gasteiger partial charge on any atom is -0.396 e. The molecular formula is C13H18N2O3. The number of aliphatic hydroxyl groups excluding tert-OH is 1. The number of hydrogen-bond acceptors (Lipinski definition) is 4. The molecule has 2 atom stereocenters.